The molecule has 0 radical (unpaired) electrons. The van der Waals surface area contributed by atoms with Crippen molar-refractivity contribution in [3.63, 3.8) is 0 Å². The van der Waals surface area contributed by atoms with Gasteiger partial charge in [0.25, 0.3) is 5.91 Å². The van der Waals surface area contributed by atoms with E-state index in [1.165, 1.54) is 11.0 Å². The number of ether oxygens (including phenoxy) is 1. The van der Waals surface area contributed by atoms with Crippen molar-refractivity contribution in [1.29, 1.82) is 0 Å². The predicted molar refractivity (Wildman–Crippen MR) is 125 cm³/mol. The minimum atomic E-state index is -0.771. The summed E-state index contributed by atoms with van der Waals surface area (Å²) in [5.41, 5.74) is 1.52. The Bertz CT molecular complexity index is 904. The largest absolute Gasteiger partial charge is 0.484 e. The Hall–Kier alpha value is -2.89. The van der Waals surface area contributed by atoms with E-state index in [2.05, 4.69) is 26.1 Å². The van der Waals surface area contributed by atoms with Crippen LogP contribution in [0.5, 0.6) is 5.75 Å². The molecule has 0 saturated heterocycles. The molecule has 0 saturated carbocycles. The maximum absolute atomic E-state index is 14.2. The van der Waals surface area contributed by atoms with Gasteiger partial charge in [0, 0.05) is 18.7 Å². The molecule has 0 fully saturated rings. The molecule has 0 bridgehead atoms. The van der Waals surface area contributed by atoms with E-state index in [0.29, 0.717) is 17.9 Å². The normalized spacial score (nSPS) is 12.4. The molecule has 0 heterocycles. The van der Waals surface area contributed by atoms with Crippen molar-refractivity contribution in [1.82, 2.24) is 10.2 Å². The van der Waals surface area contributed by atoms with Crippen molar-refractivity contribution in [3.8, 4) is 5.75 Å². The third-order valence-corrected chi connectivity index (χ3v) is 5.23. The molecule has 6 heteroatoms. The molecule has 0 unspecified atom stereocenters. The van der Waals surface area contributed by atoms with E-state index in [1.807, 2.05) is 38.1 Å². The Morgan fingerprint density at radius 2 is 1.66 bits per heavy atom. The van der Waals surface area contributed by atoms with Crippen LogP contribution in [-0.2, 0) is 21.5 Å². The lowest BCUT2D eigenvalue weighted by atomic mass is 9.87. The smallest absolute Gasteiger partial charge is 0.261 e. The molecule has 0 spiro atoms. The molecule has 1 atom stereocenters. The number of carbonyl (C=O) groups is 2. The zero-order valence-corrected chi connectivity index (χ0v) is 19.9. The molecule has 2 rings (SSSR count). The number of carbonyl (C=O) groups excluding carboxylic acids is 2. The molecule has 0 aliphatic heterocycles. The third kappa shape index (κ3) is 7.36. The van der Waals surface area contributed by atoms with E-state index in [-0.39, 0.29) is 36.3 Å². The second-order valence-corrected chi connectivity index (χ2v) is 9.49. The molecular weight excluding hydrogens is 407 g/mol. The first-order valence-electron chi connectivity index (χ1n) is 11.0. The van der Waals surface area contributed by atoms with Gasteiger partial charge in [0.1, 0.15) is 17.6 Å². The average Bonchev–Trinajstić information content (AvgIpc) is 2.74. The van der Waals surface area contributed by atoms with E-state index in [1.54, 1.807) is 25.1 Å². The fourth-order valence-corrected chi connectivity index (χ4v) is 3.12. The summed E-state index contributed by atoms with van der Waals surface area (Å²) in [6.07, 6.45) is 0. The van der Waals surface area contributed by atoms with Crippen LogP contribution in [0.4, 0.5) is 4.39 Å². The number of hydrogen-bond donors (Lipinski definition) is 1. The lowest BCUT2D eigenvalue weighted by molar-refractivity contribution is -0.142. The standard InChI is InChI=1S/C26H35FN2O3/c1-18(2)15-28-25(31)19(3)29(16-20-9-7-8-10-23(20)27)24(30)17-32-22-13-11-21(12-14-22)26(4,5)6/h7-14,18-19H,15-17H2,1-6H3,(H,28,31)/t19-/m0/s1. The molecule has 0 aliphatic rings. The lowest BCUT2D eigenvalue weighted by Gasteiger charge is -2.29. The van der Waals surface area contributed by atoms with Crippen molar-refractivity contribution in [2.45, 2.75) is 59.5 Å². The number of nitrogens with one attached hydrogen (secondary N) is 1. The zero-order valence-electron chi connectivity index (χ0n) is 19.9. The molecule has 5 nitrogen and oxygen atoms in total. The molecule has 0 aliphatic carbocycles. The fourth-order valence-electron chi connectivity index (χ4n) is 3.12. The molecule has 2 amide bonds. The van der Waals surface area contributed by atoms with Crippen molar-refractivity contribution in [2.75, 3.05) is 13.2 Å². The van der Waals surface area contributed by atoms with Gasteiger partial charge < -0.3 is 15.0 Å². The highest BCUT2D eigenvalue weighted by molar-refractivity contribution is 5.87. The summed E-state index contributed by atoms with van der Waals surface area (Å²) in [6.45, 7) is 12.2. The fraction of sp³-hybridized carbons (Fsp3) is 0.462. The van der Waals surface area contributed by atoms with Crippen LogP contribution in [0, 0.1) is 11.7 Å². The Kier molecular flexibility index (Phi) is 8.81. The summed E-state index contributed by atoms with van der Waals surface area (Å²) in [5.74, 6) is -0.243. The van der Waals surface area contributed by atoms with Crippen LogP contribution in [0.1, 0.15) is 52.7 Å². The molecule has 2 aromatic rings. The molecule has 0 aromatic heterocycles. The van der Waals surface area contributed by atoms with Crippen LogP contribution in [0.15, 0.2) is 48.5 Å². The summed E-state index contributed by atoms with van der Waals surface area (Å²) in [6, 6.07) is 13.1. The third-order valence-electron chi connectivity index (χ3n) is 5.23. The summed E-state index contributed by atoms with van der Waals surface area (Å²) in [4.78, 5) is 27.0. The van der Waals surface area contributed by atoms with Crippen LogP contribution in [0.3, 0.4) is 0 Å². The highest BCUT2D eigenvalue weighted by Crippen LogP contribution is 2.24. The second-order valence-electron chi connectivity index (χ2n) is 9.49. The maximum Gasteiger partial charge on any atom is 0.261 e. The summed E-state index contributed by atoms with van der Waals surface area (Å²) >= 11 is 0. The monoisotopic (exact) mass is 442 g/mol. The minimum absolute atomic E-state index is 0.0175. The summed E-state index contributed by atoms with van der Waals surface area (Å²) in [5, 5.41) is 2.84. The van der Waals surface area contributed by atoms with Gasteiger partial charge in [-0.05, 0) is 42.0 Å². The van der Waals surface area contributed by atoms with Crippen LogP contribution in [-0.4, -0.2) is 35.9 Å². The van der Waals surface area contributed by atoms with Gasteiger partial charge in [0.2, 0.25) is 5.91 Å². The van der Waals surface area contributed by atoms with Gasteiger partial charge in [-0.1, -0.05) is 65.0 Å². The number of amides is 2. The predicted octanol–water partition coefficient (Wildman–Crippen LogP) is 4.69. The van der Waals surface area contributed by atoms with Gasteiger partial charge in [-0.2, -0.15) is 0 Å². The average molecular weight is 443 g/mol. The first-order valence-corrected chi connectivity index (χ1v) is 11.0. The summed E-state index contributed by atoms with van der Waals surface area (Å²) < 4.78 is 19.9. The van der Waals surface area contributed by atoms with E-state index in [9.17, 15) is 14.0 Å². The number of hydrogen-bond acceptors (Lipinski definition) is 3. The van der Waals surface area contributed by atoms with E-state index < -0.39 is 11.9 Å². The Morgan fingerprint density at radius 1 is 1.03 bits per heavy atom. The SMILES string of the molecule is CC(C)CNC(=O)[C@H](C)N(Cc1ccccc1F)C(=O)COc1ccc(C(C)(C)C)cc1. The number of nitrogens with zero attached hydrogens (tertiary/aromatic N) is 1. The van der Waals surface area contributed by atoms with Crippen molar-refractivity contribution in [2.24, 2.45) is 5.92 Å². The van der Waals surface area contributed by atoms with Crippen LogP contribution < -0.4 is 10.1 Å². The topological polar surface area (TPSA) is 58.6 Å². The zero-order chi connectivity index (χ0) is 23.9. The quantitative estimate of drug-likeness (QED) is 0.613. The van der Waals surface area contributed by atoms with Gasteiger partial charge in [0.15, 0.2) is 6.61 Å². The van der Waals surface area contributed by atoms with E-state index in [0.717, 1.165) is 5.56 Å². The lowest BCUT2D eigenvalue weighted by Crippen LogP contribution is -2.49. The van der Waals surface area contributed by atoms with Crippen molar-refractivity contribution < 1.29 is 18.7 Å². The number of benzene rings is 2. The second kappa shape index (κ2) is 11.1. The summed E-state index contributed by atoms with van der Waals surface area (Å²) in [7, 11) is 0. The molecular formula is C26H35FN2O3. The van der Waals surface area contributed by atoms with Gasteiger partial charge in [-0.3, -0.25) is 9.59 Å². The highest BCUT2D eigenvalue weighted by Gasteiger charge is 2.27. The first-order chi connectivity index (χ1) is 15.0. The van der Waals surface area contributed by atoms with Crippen molar-refractivity contribution in [3.05, 3.63) is 65.5 Å². The van der Waals surface area contributed by atoms with Crippen molar-refractivity contribution >= 4 is 11.8 Å². The van der Waals surface area contributed by atoms with Gasteiger partial charge in [-0.25, -0.2) is 4.39 Å². The molecule has 2 aromatic carbocycles. The Labute approximate surface area is 191 Å². The number of halogens is 1. The Balaban J connectivity index is 2.13. The number of rotatable bonds is 9. The molecule has 174 valence electrons. The van der Waals surface area contributed by atoms with Gasteiger partial charge >= 0.3 is 0 Å². The van der Waals surface area contributed by atoms with Crippen LogP contribution >= 0.6 is 0 Å². The maximum atomic E-state index is 14.2. The van der Waals surface area contributed by atoms with E-state index in [4.69, 9.17) is 4.74 Å². The Morgan fingerprint density at radius 3 is 2.22 bits per heavy atom. The van der Waals surface area contributed by atoms with Crippen LogP contribution in [0.2, 0.25) is 0 Å². The van der Waals surface area contributed by atoms with Crippen LogP contribution in [0.25, 0.3) is 0 Å². The highest BCUT2D eigenvalue weighted by atomic mass is 19.1. The van der Waals surface area contributed by atoms with E-state index >= 15 is 0 Å². The first kappa shape index (κ1) is 25.4. The molecule has 32 heavy (non-hydrogen) atoms. The molecule has 1 N–H and O–H groups in total. The van der Waals surface area contributed by atoms with Gasteiger partial charge in [0.05, 0.1) is 0 Å². The van der Waals surface area contributed by atoms with Gasteiger partial charge in [-0.15, -0.1) is 0 Å². The minimum Gasteiger partial charge on any atom is -0.484 e.